The molecule has 100 valence electrons. The molecular formula is C14H17N3O2. The third-order valence-electron chi connectivity index (χ3n) is 3.18. The van der Waals surface area contributed by atoms with Gasteiger partial charge in [0, 0.05) is 23.0 Å². The molecule has 1 heterocycles. The lowest BCUT2D eigenvalue weighted by Crippen LogP contribution is -2.17. The van der Waals surface area contributed by atoms with Gasteiger partial charge in [-0.1, -0.05) is 12.1 Å². The van der Waals surface area contributed by atoms with Gasteiger partial charge in [0.1, 0.15) is 0 Å². The number of aryl methyl sites for hydroxylation is 3. The van der Waals surface area contributed by atoms with Gasteiger partial charge in [-0.25, -0.2) is 0 Å². The van der Waals surface area contributed by atoms with Crippen LogP contribution >= 0.6 is 0 Å². The number of hydrogen-bond donors (Lipinski definition) is 1. The van der Waals surface area contributed by atoms with Gasteiger partial charge >= 0.3 is 0 Å². The van der Waals surface area contributed by atoms with Crippen molar-refractivity contribution >= 4 is 5.69 Å². The van der Waals surface area contributed by atoms with E-state index in [1.54, 1.807) is 19.1 Å². The molecule has 5 heteroatoms. The van der Waals surface area contributed by atoms with Gasteiger partial charge in [0.25, 0.3) is 5.69 Å². The molecule has 5 nitrogen and oxygen atoms in total. The maximum Gasteiger partial charge on any atom is 0.272 e. The van der Waals surface area contributed by atoms with E-state index in [1.165, 1.54) is 0 Å². The van der Waals surface area contributed by atoms with E-state index in [1.807, 2.05) is 36.7 Å². The number of aromatic nitrogens is 1. The van der Waals surface area contributed by atoms with Crippen LogP contribution in [0.15, 0.2) is 30.3 Å². The lowest BCUT2D eigenvalue weighted by Gasteiger charge is -2.12. The van der Waals surface area contributed by atoms with Crippen LogP contribution < -0.4 is 5.43 Å². The van der Waals surface area contributed by atoms with Crippen LogP contribution in [-0.4, -0.2) is 9.60 Å². The smallest absolute Gasteiger partial charge is 0.272 e. The molecule has 1 aromatic carbocycles. The Balaban J connectivity index is 2.16. The molecule has 0 radical (unpaired) electrons. The number of hydrogen-bond acceptors (Lipinski definition) is 3. The molecule has 0 aliphatic rings. The quantitative estimate of drug-likeness (QED) is 0.678. The van der Waals surface area contributed by atoms with Crippen molar-refractivity contribution in [3.63, 3.8) is 0 Å². The highest BCUT2D eigenvalue weighted by Gasteiger charge is 2.11. The van der Waals surface area contributed by atoms with E-state index in [4.69, 9.17) is 0 Å². The molecule has 0 atom stereocenters. The SMILES string of the molecule is Cc1ccc(CNn2c(C)ccc2C)cc1[N+](=O)[O-]. The Morgan fingerprint density at radius 2 is 1.79 bits per heavy atom. The van der Waals surface area contributed by atoms with Gasteiger partial charge < -0.3 is 5.43 Å². The summed E-state index contributed by atoms with van der Waals surface area (Å²) in [5.41, 5.74) is 7.22. The zero-order valence-electron chi connectivity index (χ0n) is 11.3. The summed E-state index contributed by atoms with van der Waals surface area (Å²) in [5.74, 6) is 0. The predicted molar refractivity (Wildman–Crippen MR) is 74.8 cm³/mol. The number of nitrogens with one attached hydrogen (secondary N) is 1. The van der Waals surface area contributed by atoms with Gasteiger partial charge in [0.15, 0.2) is 0 Å². The van der Waals surface area contributed by atoms with Crippen LogP contribution in [0.3, 0.4) is 0 Å². The fourth-order valence-corrected chi connectivity index (χ4v) is 2.05. The Morgan fingerprint density at radius 1 is 1.16 bits per heavy atom. The molecule has 2 aromatic rings. The molecule has 0 unspecified atom stereocenters. The Labute approximate surface area is 112 Å². The summed E-state index contributed by atoms with van der Waals surface area (Å²) in [6.45, 7) is 6.32. The minimum absolute atomic E-state index is 0.167. The fraction of sp³-hybridized carbons (Fsp3) is 0.286. The van der Waals surface area contributed by atoms with Crippen LogP contribution in [0.1, 0.15) is 22.5 Å². The summed E-state index contributed by atoms with van der Waals surface area (Å²) in [4.78, 5) is 10.6. The van der Waals surface area contributed by atoms with E-state index in [-0.39, 0.29) is 10.6 Å². The molecule has 0 aliphatic carbocycles. The van der Waals surface area contributed by atoms with Crippen molar-refractivity contribution < 1.29 is 4.92 Å². The summed E-state index contributed by atoms with van der Waals surface area (Å²) < 4.78 is 1.98. The van der Waals surface area contributed by atoms with E-state index in [2.05, 4.69) is 5.43 Å². The number of nitro benzene ring substituents is 1. The van der Waals surface area contributed by atoms with Crippen LogP contribution in [0, 0.1) is 30.9 Å². The second-order valence-corrected chi connectivity index (χ2v) is 4.66. The predicted octanol–water partition coefficient (Wildman–Crippen LogP) is 3.07. The van der Waals surface area contributed by atoms with Crippen molar-refractivity contribution in [2.24, 2.45) is 0 Å². The molecular weight excluding hydrogens is 242 g/mol. The molecule has 0 spiro atoms. The largest absolute Gasteiger partial charge is 0.322 e. The third kappa shape index (κ3) is 2.76. The van der Waals surface area contributed by atoms with Crippen molar-refractivity contribution in [3.8, 4) is 0 Å². The normalized spacial score (nSPS) is 10.5. The number of rotatable bonds is 4. The third-order valence-corrected chi connectivity index (χ3v) is 3.18. The van der Waals surface area contributed by atoms with Crippen molar-refractivity contribution in [1.82, 2.24) is 4.68 Å². The van der Waals surface area contributed by atoms with Crippen LogP contribution in [-0.2, 0) is 6.54 Å². The molecule has 0 amide bonds. The minimum atomic E-state index is -0.342. The molecule has 1 aromatic heterocycles. The van der Waals surface area contributed by atoms with Gasteiger partial charge in [0.05, 0.1) is 11.5 Å². The Bertz CT molecular complexity index is 598. The van der Waals surface area contributed by atoms with Crippen molar-refractivity contribution in [1.29, 1.82) is 0 Å². The van der Waals surface area contributed by atoms with Crippen molar-refractivity contribution in [2.75, 3.05) is 5.43 Å². The summed E-state index contributed by atoms with van der Waals surface area (Å²) in [6, 6.07) is 9.37. The Morgan fingerprint density at radius 3 is 2.37 bits per heavy atom. The maximum atomic E-state index is 10.9. The zero-order valence-corrected chi connectivity index (χ0v) is 11.3. The molecule has 0 fully saturated rings. The molecule has 0 bridgehead atoms. The first-order valence-corrected chi connectivity index (χ1v) is 6.12. The number of nitrogens with zero attached hydrogens (tertiary/aromatic N) is 2. The zero-order chi connectivity index (χ0) is 14.0. The Kier molecular flexibility index (Phi) is 3.55. The highest BCUT2D eigenvalue weighted by Crippen LogP contribution is 2.19. The van der Waals surface area contributed by atoms with E-state index in [9.17, 15) is 10.1 Å². The van der Waals surface area contributed by atoms with Gasteiger partial charge in [-0.3, -0.25) is 14.8 Å². The Hall–Kier alpha value is -2.30. The summed E-state index contributed by atoms with van der Waals surface area (Å²) in [5, 5.41) is 10.9. The molecule has 1 N–H and O–H groups in total. The maximum absolute atomic E-state index is 10.9. The highest BCUT2D eigenvalue weighted by molar-refractivity contribution is 5.42. The highest BCUT2D eigenvalue weighted by atomic mass is 16.6. The van der Waals surface area contributed by atoms with Gasteiger partial charge in [-0.2, -0.15) is 0 Å². The standard InChI is InChI=1S/C14H17N3O2/c1-10-4-7-13(8-14(10)17(18)19)9-15-16-11(2)5-6-12(16)3/h4-8,15H,9H2,1-3H3. The second kappa shape index (κ2) is 5.14. The fourth-order valence-electron chi connectivity index (χ4n) is 2.05. The molecule has 0 aliphatic heterocycles. The van der Waals surface area contributed by atoms with E-state index in [0.717, 1.165) is 17.0 Å². The average molecular weight is 259 g/mol. The van der Waals surface area contributed by atoms with Crippen LogP contribution in [0.4, 0.5) is 5.69 Å². The average Bonchev–Trinajstić information content (AvgIpc) is 2.68. The van der Waals surface area contributed by atoms with Crippen LogP contribution in [0.2, 0.25) is 0 Å². The summed E-state index contributed by atoms with van der Waals surface area (Å²) >= 11 is 0. The minimum Gasteiger partial charge on any atom is -0.322 e. The van der Waals surface area contributed by atoms with E-state index in [0.29, 0.717) is 12.1 Å². The topological polar surface area (TPSA) is 60.1 Å². The first-order chi connectivity index (χ1) is 8.99. The monoisotopic (exact) mass is 259 g/mol. The van der Waals surface area contributed by atoms with Crippen LogP contribution in [0.5, 0.6) is 0 Å². The van der Waals surface area contributed by atoms with Gasteiger partial charge in [-0.05, 0) is 38.5 Å². The van der Waals surface area contributed by atoms with Crippen molar-refractivity contribution in [2.45, 2.75) is 27.3 Å². The molecule has 0 saturated carbocycles. The number of nitro groups is 1. The van der Waals surface area contributed by atoms with Crippen LogP contribution in [0.25, 0.3) is 0 Å². The number of benzene rings is 1. The summed E-state index contributed by atoms with van der Waals surface area (Å²) in [6.07, 6.45) is 0. The summed E-state index contributed by atoms with van der Waals surface area (Å²) in [7, 11) is 0. The lowest BCUT2D eigenvalue weighted by molar-refractivity contribution is -0.385. The lowest BCUT2D eigenvalue weighted by atomic mass is 10.1. The van der Waals surface area contributed by atoms with E-state index >= 15 is 0 Å². The van der Waals surface area contributed by atoms with Gasteiger partial charge in [0.2, 0.25) is 0 Å². The first-order valence-electron chi connectivity index (χ1n) is 6.12. The van der Waals surface area contributed by atoms with Gasteiger partial charge in [-0.15, -0.1) is 0 Å². The molecule has 2 rings (SSSR count). The molecule has 0 saturated heterocycles. The molecule has 19 heavy (non-hydrogen) atoms. The van der Waals surface area contributed by atoms with Crippen molar-refractivity contribution in [3.05, 3.63) is 63.0 Å². The van der Waals surface area contributed by atoms with E-state index < -0.39 is 0 Å². The second-order valence-electron chi connectivity index (χ2n) is 4.66. The first kappa shape index (κ1) is 13.1.